The normalized spacial score (nSPS) is 10.6. The lowest BCUT2D eigenvalue weighted by Gasteiger charge is -2.03. The number of amides is 5. The highest BCUT2D eigenvalue weighted by molar-refractivity contribution is 9.12. The first-order valence-corrected chi connectivity index (χ1v) is 14.9. The molecule has 0 bridgehead atoms. The van der Waals surface area contributed by atoms with E-state index in [9.17, 15) is 24.0 Å². The number of aryl methyl sites for hydroxylation is 4. The highest BCUT2D eigenvalue weighted by Crippen LogP contribution is 2.21. The van der Waals surface area contributed by atoms with Gasteiger partial charge in [0.2, 0.25) is 5.82 Å². The Morgan fingerprint density at radius 1 is 0.729 bits per heavy atom. The Bertz CT molecular complexity index is 1960. The number of aliphatic imine (C=N–C) groups is 1. The monoisotopic (exact) mass is 723 g/mol. The van der Waals surface area contributed by atoms with Crippen LogP contribution in [0.25, 0.3) is 0 Å². The van der Waals surface area contributed by atoms with Crippen molar-refractivity contribution < 1.29 is 24.0 Å². The van der Waals surface area contributed by atoms with Crippen molar-refractivity contribution in [1.29, 1.82) is 0 Å². The van der Waals surface area contributed by atoms with E-state index in [4.69, 9.17) is 11.5 Å². The molecule has 4 aromatic rings. The first-order valence-electron chi connectivity index (χ1n) is 14.1. The van der Waals surface area contributed by atoms with Gasteiger partial charge in [0.15, 0.2) is 11.8 Å². The molecule has 4 heterocycles. The molecule has 252 valence electrons. The summed E-state index contributed by atoms with van der Waals surface area (Å²) >= 11 is 3.01. The summed E-state index contributed by atoms with van der Waals surface area (Å²) in [7, 11) is 6.53. The summed E-state index contributed by atoms with van der Waals surface area (Å²) in [5, 5.41) is 13.4. The Kier molecular flexibility index (Phi) is 10.5. The minimum absolute atomic E-state index is 0.0618. The third kappa shape index (κ3) is 8.37. The van der Waals surface area contributed by atoms with E-state index in [-0.39, 0.29) is 52.3 Å². The van der Waals surface area contributed by atoms with Crippen LogP contribution in [0.15, 0.2) is 59.0 Å². The Morgan fingerprint density at radius 2 is 1.19 bits per heavy atom. The number of nitrogens with two attached hydrogens (primary N) is 2. The van der Waals surface area contributed by atoms with Gasteiger partial charge in [-0.05, 0) is 34.1 Å². The smallest absolute Gasteiger partial charge is 0.287 e. The molecule has 4 rings (SSSR count). The zero-order chi connectivity index (χ0) is 35.3. The largest absolute Gasteiger partial charge is 0.370 e. The Morgan fingerprint density at radius 3 is 1.65 bits per heavy atom. The lowest BCUT2D eigenvalue weighted by Crippen LogP contribution is -2.30. The highest BCUT2D eigenvalue weighted by atomic mass is 79.9. The maximum atomic E-state index is 13.2. The molecule has 0 unspecified atom stereocenters. The van der Waals surface area contributed by atoms with Gasteiger partial charge in [-0.25, -0.2) is 4.98 Å². The van der Waals surface area contributed by atoms with Crippen molar-refractivity contribution >= 4 is 74.3 Å². The molecular formula is C29H34BrN13O5. The van der Waals surface area contributed by atoms with E-state index in [1.54, 1.807) is 51.3 Å². The Labute approximate surface area is 282 Å². The van der Waals surface area contributed by atoms with E-state index in [2.05, 4.69) is 59.1 Å². The van der Waals surface area contributed by atoms with E-state index in [1.807, 2.05) is 0 Å². The fourth-order valence-corrected chi connectivity index (χ4v) is 4.62. The number of carbonyl (C=O) groups is 5. The molecule has 0 radical (unpaired) electrons. The second kappa shape index (κ2) is 14.5. The van der Waals surface area contributed by atoms with Crippen molar-refractivity contribution in [1.82, 2.24) is 28.6 Å². The van der Waals surface area contributed by atoms with Crippen LogP contribution in [0.3, 0.4) is 0 Å². The van der Waals surface area contributed by atoms with Gasteiger partial charge in [-0.2, -0.15) is 0 Å². The molecule has 0 fully saturated rings. The molecule has 5 amide bonds. The molecule has 0 aliphatic heterocycles. The van der Waals surface area contributed by atoms with Crippen LogP contribution in [0.4, 0.5) is 22.9 Å². The number of anilines is 4. The molecule has 0 aromatic carbocycles. The van der Waals surface area contributed by atoms with Crippen LogP contribution < -0.4 is 38.1 Å². The van der Waals surface area contributed by atoms with Gasteiger partial charge in [0, 0.05) is 59.5 Å². The Hall–Kier alpha value is -6.11. The number of carbonyl (C=O) groups excluding carboxylic acids is 5. The summed E-state index contributed by atoms with van der Waals surface area (Å²) in [5.74, 6) is -2.29. The minimum atomic E-state index is -0.528. The van der Waals surface area contributed by atoms with Crippen molar-refractivity contribution in [2.45, 2.75) is 0 Å². The fourth-order valence-electron chi connectivity index (χ4n) is 4.52. The first-order chi connectivity index (χ1) is 22.6. The van der Waals surface area contributed by atoms with Crippen molar-refractivity contribution in [3.05, 3.63) is 77.0 Å². The van der Waals surface area contributed by atoms with Crippen LogP contribution in [-0.2, 0) is 33.0 Å². The van der Waals surface area contributed by atoms with E-state index >= 15 is 0 Å². The fraction of sp³-hybridized carbons (Fsp3) is 0.207. The van der Waals surface area contributed by atoms with Gasteiger partial charge < -0.3 is 56.3 Å². The maximum Gasteiger partial charge on any atom is 0.287 e. The highest BCUT2D eigenvalue weighted by Gasteiger charge is 2.20. The van der Waals surface area contributed by atoms with Gasteiger partial charge in [-0.1, -0.05) is 6.58 Å². The standard InChI is InChI=1S/C29H34BrN13O5/c1-15(30)24(44)35-16-8-19(40(2)11-16)25(45)36-17-9-20(41(3)12-17)26(46)37-18-10-21(42(4)13-18)27(47)39-22-14-43(5)23(38-22)28(48)33-6-7-34-29(31)32/h8-14H,1,6-7H2,2-5H3,(H,33,48)(H,35,44)(H,36,45)(H,37,46)(H,39,47)(H4,31,32,34). The third-order valence-electron chi connectivity index (χ3n) is 6.75. The zero-order valence-corrected chi connectivity index (χ0v) is 28.0. The van der Waals surface area contributed by atoms with Crippen LogP contribution in [0, 0.1) is 0 Å². The van der Waals surface area contributed by atoms with Crippen LogP contribution >= 0.6 is 15.9 Å². The number of imidazole rings is 1. The van der Waals surface area contributed by atoms with Crippen LogP contribution in [0.1, 0.15) is 42.1 Å². The van der Waals surface area contributed by atoms with Gasteiger partial charge >= 0.3 is 0 Å². The molecule has 19 heteroatoms. The number of hydrogen-bond donors (Lipinski definition) is 7. The average molecular weight is 725 g/mol. The maximum absolute atomic E-state index is 13.2. The van der Waals surface area contributed by atoms with E-state index in [1.165, 1.54) is 38.1 Å². The molecule has 4 aromatic heterocycles. The number of guanidine groups is 1. The quantitative estimate of drug-likeness (QED) is 0.0481. The van der Waals surface area contributed by atoms with Crippen LogP contribution in [0.5, 0.6) is 0 Å². The van der Waals surface area contributed by atoms with Crippen molar-refractivity contribution in [3.63, 3.8) is 0 Å². The molecule has 0 saturated carbocycles. The summed E-state index contributed by atoms with van der Waals surface area (Å²) in [5.41, 5.74) is 12.3. The number of nitrogens with one attached hydrogen (secondary N) is 5. The number of aromatic nitrogens is 5. The number of halogens is 1. The molecule has 0 spiro atoms. The van der Waals surface area contributed by atoms with Crippen molar-refractivity contribution in [2.24, 2.45) is 44.7 Å². The molecule has 0 saturated heterocycles. The molecule has 0 atom stereocenters. The molecule has 0 aliphatic carbocycles. The second-order valence-electron chi connectivity index (χ2n) is 10.5. The van der Waals surface area contributed by atoms with Gasteiger partial charge in [-0.15, -0.1) is 0 Å². The van der Waals surface area contributed by atoms with Gasteiger partial charge in [-0.3, -0.25) is 29.0 Å². The second-order valence-corrected chi connectivity index (χ2v) is 11.5. The average Bonchev–Trinajstić information content (AvgIpc) is 3.76. The lowest BCUT2D eigenvalue weighted by molar-refractivity contribution is -0.112. The van der Waals surface area contributed by atoms with E-state index in [0.29, 0.717) is 17.1 Å². The van der Waals surface area contributed by atoms with Gasteiger partial charge in [0.1, 0.15) is 17.1 Å². The van der Waals surface area contributed by atoms with Gasteiger partial charge in [0.25, 0.3) is 29.5 Å². The molecule has 0 aliphatic rings. The summed E-state index contributed by atoms with van der Waals surface area (Å²) in [6.07, 6.45) is 6.19. The van der Waals surface area contributed by atoms with E-state index < -0.39 is 29.5 Å². The number of hydrogen-bond acceptors (Lipinski definition) is 7. The summed E-state index contributed by atoms with van der Waals surface area (Å²) in [6, 6.07) is 4.49. The number of nitrogens with zero attached hydrogens (tertiary/aromatic N) is 6. The molecule has 18 nitrogen and oxygen atoms in total. The van der Waals surface area contributed by atoms with Crippen LogP contribution in [-0.4, -0.2) is 71.8 Å². The van der Waals surface area contributed by atoms with E-state index in [0.717, 1.165) is 0 Å². The number of rotatable bonds is 12. The van der Waals surface area contributed by atoms with Crippen molar-refractivity contribution in [2.75, 3.05) is 34.4 Å². The SMILES string of the molecule is C=C(Br)C(=O)Nc1cc(C(=O)Nc2cc(C(=O)Nc3cc(C(=O)Nc4cn(C)c(C(=O)NCCN=C(N)N)n4)n(C)c3)n(C)c2)n(C)c1. The van der Waals surface area contributed by atoms with Gasteiger partial charge in [0.05, 0.1) is 28.1 Å². The molecule has 9 N–H and O–H groups in total. The third-order valence-corrected chi connectivity index (χ3v) is 7.11. The predicted octanol–water partition coefficient (Wildman–Crippen LogP) is 1.04. The Balaban J connectivity index is 1.37. The first kappa shape index (κ1) is 34.8. The summed E-state index contributed by atoms with van der Waals surface area (Å²) in [6.45, 7) is 3.90. The molecular weight excluding hydrogens is 690 g/mol. The minimum Gasteiger partial charge on any atom is -0.370 e. The zero-order valence-electron chi connectivity index (χ0n) is 26.4. The van der Waals surface area contributed by atoms with Crippen molar-refractivity contribution in [3.8, 4) is 0 Å². The molecule has 48 heavy (non-hydrogen) atoms. The predicted molar refractivity (Wildman–Crippen MR) is 183 cm³/mol. The summed E-state index contributed by atoms with van der Waals surface area (Å²) in [4.78, 5) is 71.5. The topological polar surface area (TPSA) is 243 Å². The lowest BCUT2D eigenvalue weighted by atomic mass is 10.3. The summed E-state index contributed by atoms with van der Waals surface area (Å²) < 4.78 is 6.20. The van der Waals surface area contributed by atoms with Crippen LogP contribution in [0.2, 0.25) is 0 Å².